The first-order chi connectivity index (χ1) is 10.0. The maximum atomic E-state index is 12.3. The molecule has 0 saturated heterocycles. The molecule has 1 unspecified atom stereocenters. The van der Waals surface area contributed by atoms with Crippen molar-refractivity contribution in [3.05, 3.63) is 41.3 Å². The summed E-state index contributed by atoms with van der Waals surface area (Å²) in [7, 11) is 1.85. The van der Waals surface area contributed by atoms with Gasteiger partial charge in [0.2, 0.25) is 0 Å². The summed E-state index contributed by atoms with van der Waals surface area (Å²) >= 11 is 1.45. The van der Waals surface area contributed by atoms with Crippen molar-refractivity contribution in [1.29, 1.82) is 0 Å². The number of nitrogens with zero attached hydrogens (tertiary/aromatic N) is 3. The molecule has 2 heterocycles. The fourth-order valence-electron chi connectivity index (χ4n) is 2.19. The molecule has 3 rings (SSSR count). The molecule has 1 amide bonds. The van der Waals surface area contributed by atoms with Crippen LogP contribution in [-0.2, 0) is 7.05 Å². The predicted molar refractivity (Wildman–Crippen MR) is 83.1 cm³/mol. The number of hydrogen-bond acceptors (Lipinski definition) is 5. The topological polar surface area (TPSA) is 85.8 Å². The van der Waals surface area contributed by atoms with Crippen molar-refractivity contribution in [2.45, 2.75) is 13.0 Å². The summed E-state index contributed by atoms with van der Waals surface area (Å²) in [6, 6.07) is 7.28. The lowest BCUT2D eigenvalue weighted by Gasteiger charge is -2.11. The second-order valence-electron chi connectivity index (χ2n) is 4.90. The van der Waals surface area contributed by atoms with Crippen molar-refractivity contribution in [2.75, 3.05) is 5.73 Å². The summed E-state index contributed by atoms with van der Waals surface area (Å²) in [4.78, 5) is 13.0. The second-order valence-corrected chi connectivity index (χ2v) is 5.99. The lowest BCUT2D eigenvalue weighted by atomic mass is 10.2. The normalized spacial score (nSPS) is 12.5. The van der Waals surface area contributed by atoms with E-state index in [9.17, 15) is 4.79 Å². The first kappa shape index (κ1) is 13.6. The summed E-state index contributed by atoms with van der Waals surface area (Å²) in [6.07, 6.45) is 1.61. The van der Waals surface area contributed by atoms with E-state index in [0.29, 0.717) is 16.4 Å². The summed E-state index contributed by atoms with van der Waals surface area (Å²) in [6.45, 7) is 1.88. The third-order valence-corrected chi connectivity index (χ3v) is 4.36. The minimum Gasteiger partial charge on any atom is -0.399 e. The van der Waals surface area contributed by atoms with Crippen molar-refractivity contribution in [1.82, 2.24) is 20.1 Å². The van der Waals surface area contributed by atoms with E-state index in [4.69, 9.17) is 5.73 Å². The number of amides is 1. The number of nitrogens with one attached hydrogen (secondary N) is 1. The Morgan fingerprint density at radius 1 is 1.43 bits per heavy atom. The van der Waals surface area contributed by atoms with Crippen LogP contribution in [0.4, 0.5) is 5.69 Å². The van der Waals surface area contributed by atoms with Crippen LogP contribution in [0, 0.1) is 0 Å². The molecule has 0 aliphatic heterocycles. The summed E-state index contributed by atoms with van der Waals surface area (Å²) < 4.78 is 2.83. The van der Waals surface area contributed by atoms with E-state index in [1.807, 2.05) is 38.2 Å². The number of nitrogen functional groups attached to an aromatic ring is 1. The van der Waals surface area contributed by atoms with Gasteiger partial charge < -0.3 is 15.6 Å². The Kier molecular flexibility index (Phi) is 3.34. The molecule has 0 aliphatic carbocycles. The molecule has 0 saturated carbocycles. The standard InChI is InChI=1S/C14H15N5OS/c1-8(13-18-16-7-19(13)2)17-14(20)12-6-9-5-10(15)3-4-11(9)21-12/h3-8H,15H2,1-2H3,(H,17,20). The van der Waals surface area contributed by atoms with Crippen LogP contribution in [-0.4, -0.2) is 20.7 Å². The van der Waals surface area contributed by atoms with Crippen LogP contribution in [0.25, 0.3) is 10.1 Å². The Balaban J connectivity index is 1.82. The molecule has 108 valence electrons. The van der Waals surface area contributed by atoms with Crippen LogP contribution in [0.5, 0.6) is 0 Å². The Labute approximate surface area is 125 Å². The number of fused-ring (bicyclic) bond motifs is 1. The van der Waals surface area contributed by atoms with Gasteiger partial charge in [0.25, 0.3) is 5.91 Å². The number of rotatable bonds is 3. The molecule has 0 fully saturated rings. The van der Waals surface area contributed by atoms with Crippen LogP contribution < -0.4 is 11.1 Å². The van der Waals surface area contributed by atoms with E-state index in [1.165, 1.54) is 11.3 Å². The Morgan fingerprint density at radius 3 is 2.95 bits per heavy atom. The zero-order valence-electron chi connectivity index (χ0n) is 11.7. The van der Waals surface area contributed by atoms with Gasteiger partial charge in [-0.05, 0) is 36.6 Å². The first-order valence-electron chi connectivity index (χ1n) is 6.48. The summed E-state index contributed by atoms with van der Waals surface area (Å²) in [5.41, 5.74) is 6.45. The van der Waals surface area contributed by atoms with Gasteiger partial charge in [0.1, 0.15) is 6.33 Å². The van der Waals surface area contributed by atoms with E-state index in [1.54, 1.807) is 10.9 Å². The van der Waals surface area contributed by atoms with E-state index >= 15 is 0 Å². The largest absolute Gasteiger partial charge is 0.399 e. The van der Waals surface area contributed by atoms with Gasteiger partial charge in [0.05, 0.1) is 10.9 Å². The molecule has 3 N–H and O–H groups in total. The molecule has 21 heavy (non-hydrogen) atoms. The van der Waals surface area contributed by atoms with Gasteiger partial charge in [-0.15, -0.1) is 21.5 Å². The van der Waals surface area contributed by atoms with Crippen molar-refractivity contribution in [3.8, 4) is 0 Å². The van der Waals surface area contributed by atoms with Gasteiger partial charge in [-0.3, -0.25) is 4.79 Å². The van der Waals surface area contributed by atoms with E-state index in [2.05, 4.69) is 15.5 Å². The van der Waals surface area contributed by atoms with Crippen LogP contribution in [0.15, 0.2) is 30.6 Å². The highest BCUT2D eigenvalue weighted by molar-refractivity contribution is 7.20. The lowest BCUT2D eigenvalue weighted by molar-refractivity contribution is 0.0942. The minimum atomic E-state index is -0.208. The second kappa shape index (κ2) is 5.17. The van der Waals surface area contributed by atoms with Crippen molar-refractivity contribution in [2.24, 2.45) is 7.05 Å². The fraction of sp³-hybridized carbons (Fsp3) is 0.214. The van der Waals surface area contributed by atoms with Crippen LogP contribution in [0.2, 0.25) is 0 Å². The lowest BCUT2D eigenvalue weighted by Crippen LogP contribution is -2.27. The molecule has 1 atom stereocenters. The van der Waals surface area contributed by atoms with Crippen LogP contribution in [0.1, 0.15) is 28.5 Å². The SMILES string of the molecule is CC(NC(=O)c1cc2cc(N)ccc2s1)c1nncn1C. The number of hydrogen-bond donors (Lipinski definition) is 2. The maximum Gasteiger partial charge on any atom is 0.261 e. The Hall–Kier alpha value is -2.41. The highest BCUT2D eigenvalue weighted by atomic mass is 32.1. The highest BCUT2D eigenvalue weighted by Gasteiger charge is 2.17. The van der Waals surface area contributed by atoms with Gasteiger partial charge in [0.15, 0.2) is 5.82 Å². The number of aryl methyl sites for hydroxylation is 1. The predicted octanol–water partition coefficient (Wildman–Crippen LogP) is 2.10. The molecular formula is C14H15N5OS. The molecule has 0 aliphatic rings. The average Bonchev–Trinajstić information content (AvgIpc) is 3.04. The summed E-state index contributed by atoms with van der Waals surface area (Å²) in [5, 5.41) is 11.7. The van der Waals surface area contributed by atoms with Gasteiger partial charge in [-0.2, -0.15) is 0 Å². The first-order valence-corrected chi connectivity index (χ1v) is 7.30. The Bertz CT molecular complexity index is 807. The maximum absolute atomic E-state index is 12.3. The number of carbonyl (C=O) groups is 1. The highest BCUT2D eigenvalue weighted by Crippen LogP contribution is 2.27. The minimum absolute atomic E-state index is 0.120. The van der Waals surface area contributed by atoms with Gasteiger partial charge in [-0.1, -0.05) is 0 Å². The molecule has 0 radical (unpaired) electrons. The van der Waals surface area contributed by atoms with Gasteiger partial charge in [-0.25, -0.2) is 0 Å². The van der Waals surface area contributed by atoms with E-state index < -0.39 is 0 Å². The van der Waals surface area contributed by atoms with Crippen molar-refractivity contribution < 1.29 is 4.79 Å². The fourth-order valence-corrected chi connectivity index (χ4v) is 3.14. The zero-order valence-corrected chi connectivity index (χ0v) is 12.5. The number of nitrogens with two attached hydrogens (primary N) is 1. The average molecular weight is 301 g/mol. The van der Waals surface area contributed by atoms with Gasteiger partial charge in [0, 0.05) is 17.4 Å². The summed E-state index contributed by atoms with van der Waals surface area (Å²) in [5.74, 6) is 0.596. The third-order valence-electron chi connectivity index (χ3n) is 3.25. The van der Waals surface area contributed by atoms with Crippen molar-refractivity contribution in [3.63, 3.8) is 0 Å². The molecule has 7 heteroatoms. The smallest absolute Gasteiger partial charge is 0.261 e. The number of thiophene rings is 1. The van der Waals surface area contributed by atoms with E-state index in [0.717, 1.165) is 10.1 Å². The number of benzene rings is 1. The number of aromatic nitrogens is 3. The number of carbonyl (C=O) groups excluding carboxylic acids is 1. The zero-order chi connectivity index (χ0) is 15.0. The van der Waals surface area contributed by atoms with Crippen LogP contribution in [0.3, 0.4) is 0 Å². The molecule has 1 aromatic carbocycles. The molecule has 3 aromatic rings. The van der Waals surface area contributed by atoms with Crippen LogP contribution >= 0.6 is 11.3 Å². The number of anilines is 1. The third kappa shape index (κ3) is 2.59. The monoisotopic (exact) mass is 301 g/mol. The van der Waals surface area contributed by atoms with Crippen molar-refractivity contribution >= 4 is 33.0 Å². The molecular weight excluding hydrogens is 286 g/mol. The Morgan fingerprint density at radius 2 is 2.24 bits per heavy atom. The molecule has 0 spiro atoms. The van der Waals surface area contributed by atoms with E-state index in [-0.39, 0.29) is 11.9 Å². The molecule has 0 bridgehead atoms. The molecule has 6 nitrogen and oxygen atoms in total. The van der Waals surface area contributed by atoms with Gasteiger partial charge >= 0.3 is 0 Å². The molecule has 2 aromatic heterocycles. The quantitative estimate of drug-likeness (QED) is 0.725.